The van der Waals surface area contributed by atoms with Gasteiger partial charge in [0.2, 0.25) is 0 Å². The minimum atomic E-state index is -5.32. The number of carbonyl (C=O) groups excluding carboxylic acids is 4. The van der Waals surface area contributed by atoms with Crippen molar-refractivity contribution < 1.29 is 56.0 Å². The molecule has 0 amide bonds. The zero-order valence-corrected chi connectivity index (χ0v) is 29.3. The lowest BCUT2D eigenvalue weighted by atomic mass is 9.77. The van der Waals surface area contributed by atoms with Gasteiger partial charge in [-0.2, -0.15) is 13.2 Å². The van der Waals surface area contributed by atoms with E-state index in [0.717, 1.165) is 49.3 Å². The maximum atomic E-state index is 14.7. The zero-order chi connectivity index (χ0) is 36.7. The van der Waals surface area contributed by atoms with Gasteiger partial charge in [0, 0.05) is 12.7 Å². The standard InChI is InChI=1S/C38H49F3O9/c1-5-8-10-13-26-16-18-27(19-17-26)28-20-22-29(23-21-28)35(44)49-31(24-33(42)47-6-2)32(25-34(43)48-7-3)50-36(45)37(46-4,38(39,40)41)30-14-11-9-12-15-30/h9,11-12,14-15,20-23,26-27,31-32H,5-8,10,13,16-19,24-25H2,1-4H3/t26?,27?,31-,32-,37?/m1/s1. The second kappa shape index (κ2) is 19.5. The Morgan fingerprint density at radius 1 is 0.760 bits per heavy atom. The molecule has 2 aromatic carbocycles. The summed E-state index contributed by atoms with van der Waals surface area (Å²) in [7, 11) is 0.696. The highest BCUT2D eigenvalue weighted by Crippen LogP contribution is 2.43. The fourth-order valence-electron chi connectivity index (χ4n) is 6.44. The van der Waals surface area contributed by atoms with Gasteiger partial charge in [0.25, 0.3) is 5.60 Å². The summed E-state index contributed by atoms with van der Waals surface area (Å²) in [5.41, 5.74) is -3.01. The molecule has 0 heterocycles. The third-order valence-electron chi connectivity index (χ3n) is 9.13. The van der Waals surface area contributed by atoms with Crippen LogP contribution in [-0.4, -0.2) is 62.6 Å². The lowest BCUT2D eigenvalue weighted by Gasteiger charge is -2.35. The van der Waals surface area contributed by atoms with Gasteiger partial charge in [-0.1, -0.05) is 75.1 Å². The van der Waals surface area contributed by atoms with Gasteiger partial charge in [0.1, 0.15) is 12.2 Å². The molecular weight excluding hydrogens is 657 g/mol. The molecule has 1 aliphatic carbocycles. The molecule has 2 aromatic rings. The Bertz CT molecular complexity index is 1370. The van der Waals surface area contributed by atoms with E-state index in [4.69, 9.17) is 23.7 Å². The van der Waals surface area contributed by atoms with E-state index in [1.165, 1.54) is 57.7 Å². The molecular formula is C38H49F3O9. The van der Waals surface area contributed by atoms with Crippen LogP contribution < -0.4 is 0 Å². The van der Waals surface area contributed by atoms with E-state index < -0.39 is 66.3 Å². The molecule has 12 heteroatoms. The van der Waals surface area contributed by atoms with E-state index in [2.05, 4.69) is 6.92 Å². The first-order chi connectivity index (χ1) is 23.9. The van der Waals surface area contributed by atoms with Crippen LogP contribution in [0.1, 0.15) is 112 Å². The van der Waals surface area contributed by atoms with Gasteiger partial charge < -0.3 is 23.7 Å². The van der Waals surface area contributed by atoms with Crippen molar-refractivity contribution in [2.75, 3.05) is 20.3 Å². The highest BCUT2D eigenvalue weighted by atomic mass is 19.4. The van der Waals surface area contributed by atoms with E-state index in [1.54, 1.807) is 12.1 Å². The fraction of sp³-hybridized carbons (Fsp3) is 0.579. The molecule has 0 bridgehead atoms. The first-order valence-corrected chi connectivity index (χ1v) is 17.4. The predicted molar refractivity (Wildman–Crippen MR) is 178 cm³/mol. The first-order valence-electron chi connectivity index (χ1n) is 17.4. The molecule has 0 spiro atoms. The van der Waals surface area contributed by atoms with Crippen molar-refractivity contribution in [3.05, 3.63) is 71.3 Å². The topological polar surface area (TPSA) is 114 Å². The van der Waals surface area contributed by atoms with Crippen LogP contribution in [0.15, 0.2) is 54.6 Å². The van der Waals surface area contributed by atoms with Crippen molar-refractivity contribution in [2.24, 2.45) is 5.92 Å². The van der Waals surface area contributed by atoms with Gasteiger partial charge in [0.05, 0.1) is 31.6 Å². The Morgan fingerprint density at radius 3 is 1.82 bits per heavy atom. The van der Waals surface area contributed by atoms with Crippen LogP contribution in [0, 0.1) is 5.92 Å². The lowest BCUT2D eigenvalue weighted by molar-refractivity contribution is -0.279. The van der Waals surface area contributed by atoms with Crippen LogP contribution in [-0.2, 0) is 43.7 Å². The predicted octanol–water partition coefficient (Wildman–Crippen LogP) is 7.99. The third-order valence-corrected chi connectivity index (χ3v) is 9.13. The van der Waals surface area contributed by atoms with Gasteiger partial charge in [-0.3, -0.25) is 9.59 Å². The summed E-state index contributed by atoms with van der Waals surface area (Å²) in [5, 5.41) is 0. The molecule has 9 nitrogen and oxygen atoms in total. The summed E-state index contributed by atoms with van der Waals surface area (Å²) in [6.45, 7) is 5.09. The number of carbonyl (C=O) groups is 4. The Morgan fingerprint density at radius 2 is 1.32 bits per heavy atom. The van der Waals surface area contributed by atoms with Crippen LogP contribution in [0.2, 0.25) is 0 Å². The van der Waals surface area contributed by atoms with Crippen LogP contribution in [0.3, 0.4) is 0 Å². The molecule has 0 aliphatic heterocycles. The summed E-state index contributed by atoms with van der Waals surface area (Å²) in [4.78, 5) is 52.3. The summed E-state index contributed by atoms with van der Waals surface area (Å²) < 4.78 is 69.8. The van der Waals surface area contributed by atoms with Gasteiger partial charge in [-0.25, -0.2) is 9.59 Å². The second-order valence-electron chi connectivity index (χ2n) is 12.5. The van der Waals surface area contributed by atoms with Crippen molar-refractivity contribution in [1.82, 2.24) is 0 Å². The molecule has 0 radical (unpaired) electrons. The Labute approximate surface area is 292 Å². The molecule has 50 heavy (non-hydrogen) atoms. The molecule has 276 valence electrons. The van der Waals surface area contributed by atoms with Crippen molar-refractivity contribution in [2.45, 2.75) is 115 Å². The maximum absolute atomic E-state index is 14.7. The molecule has 1 fully saturated rings. The zero-order valence-electron chi connectivity index (χ0n) is 29.3. The van der Waals surface area contributed by atoms with Crippen molar-refractivity contribution in [3.8, 4) is 0 Å². The van der Waals surface area contributed by atoms with Crippen molar-refractivity contribution in [3.63, 3.8) is 0 Å². The van der Waals surface area contributed by atoms with Gasteiger partial charge >= 0.3 is 30.1 Å². The largest absolute Gasteiger partial charge is 0.466 e. The molecule has 3 rings (SSSR count). The second-order valence-corrected chi connectivity index (χ2v) is 12.5. The number of unbranched alkanes of at least 4 members (excludes halogenated alkanes) is 2. The van der Waals surface area contributed by atoms with E-state index in [9.17, 15) is 32.3 Å². The Hall–Kier alpha value is -3.93. The lowest BCUT2D eigenvalue weighted by Crippen LogP contribution is -2.53. The molecule has 1 saturated carbocycles. The van der Waals surface area contributed by atoms with Gasteiger partial charge in [-0.15, -0.1) is 0 Å². The molecule has 1 aliphatic rings. The number of methoxy groups -OCH3 is 1. The van der Waals surface area contributed by atoms with Crippen LogP contribution in [0.4, 0.5) is 13.2 Å². The van der Waals surface area contributed by atoms with E-state index in [1.807, 2.05) is 12.1 Å². The summed E-state index contributed by atoms with van der Waals surface area (Å²) >= 11 is 0. The monoisotopic (exact) mass is 706 g/mol. The minimum Gasteiger partial charge on any atom is -0.466 e. The minimum absolute atomic E-state index is 0.0567. The van der Waals surface area contributed by atoms with Gasteiger partial charge in [-0.05, 0) is 69.1 Å². The normalized spacial score (nSPS) is 18.6. The van der Waals surface area contributed by atoms with E-state index >= 15 is 0 Å². The summed E-state index contributed by atoms with van der Waals surface area (Å²) in [5.74, 6) is -3.64. The number of benzene rings is 2. The maximum Gasteiger partial charge on any atom is 0.432 e. The Balaban J connectivity index is 1.87. The third kappa shape index (κ3) is 10.8. The van der Waals surface area contributed by atoms with Crippen molar-refractivity contribution in [1.29, 1.82) is 0 Å². The number of esters is 4. The molecule has 0 N–H and O–H groups in total. The fourth-order valence-corrected chi connectivity index (χ4v) is 6.44. The highest BCUT2D eigenvalue weighted by Gasteiger charge is 2.64. The SMILES string of the molecule is CCCCCC1CCC(c2ccc(C(=O)O[C@H](CC(=O)OCC)[C@@H](CC(=O)OCC)OC(=O)C(OC)(c3ccccc3)C(F)(F)F)cc2)CC1. The average Bonchev–Trinajstić information content (AvgIpc) is 3.09. The summed E-state index contributed by atoms with van der Waals surface area (Å²) in [6, 6.07) is 12.9. The van der Waals surface area contributed by atoms with E-state index in [-0.39, 0.29) is 18.8 Å². The van der Waals surface area contributed by atoms with Crippen molar-refractivity contribution >= 4 is 23.9 Å². The number of ether oxygens (including phenoxy) is 5. The Kier molecular flexibility index (Phi) is 15.8. The van der Waals surface area contributed by atoms with Crippen LogP contribution in [0.25, 0.3) is 0 Å². The average molecular weight is 707 g/mol. The molecule has 1 unspecified atom stereocenters. The molecule has 0 saturated heterocycles. The van der Waals surface area contributed by atoms with Gasteiger partial charge in [0.15, 0.2) is 0 Å². The number of rotatable bonds is 18. The number of hydrogen-bond acceptors (Lipinski definition) is 9. The highest BCUT2D eigenvalue weighted by molar-refractivity contribution is 5.90. The molecule has 0 aromatic heterocycles. The number of alkyl halides is 3. The number of hydrogen-bond donors (Lipinski definition) is 0. The van der Waals surface area contributed by atoms with Crippen LogP contribution in [0.5, 0.6) is 0 Å². The van der Waals surface area contributed by atoms with Crippen LogP contribution >= 0.6 is 0 Å². The quantitative estimate of drug-likeness (QED) is 0.0865. The number of halogens is 3. The first kappa shape index (κ1) is 40.5. The van der Waals surface area contributed by atoms with E-state index in [0.29, 0.717) is 13.0 Å². The molecule has 3 atom stereocenters. The summed E-state index contributed by atoms with van der Waals surface area (Å²) in [6.07, 6.45) is -1.14. The smallest absolute Gasteiger partial charge is 0.432 e.